The van der Waals surface area contributed by atoms with Crippen LogP contribution in [0.5, 0.6) is 5.75 Å². The van der Waals surface area contributed by atoms with Gasteiger partial charge in [-0.1, -0.05) is 12.1 Å². The van der Waals surface area contributed by atoms with Crippen LogP contribution in [0.4, 0.5) is 5.95 Å². The summed E-state index contributed by atoms with van der Waals surface area (Å²) in [4.78, 5) is 11.2. The van der Waals surface area contributed by atoms with E-state index in [2.05, 4.69) is 39.2 Å². The number of aromatic nitrogens is 2. The van der Waals surface area contributed by atoms with Gasteiger partial charge in [0.1, 0.15) is 11.9 Å². The Balaban J connectivity index is 1.19. The molecule has 0 amide bonds. The van der Waals surface area contributed by atoms with Gasteiger partial charge in [0.25, 0.3) is 0 Å². The molecule has 2 aliphatic rings. The zero-order valence-electron chi connectivity index (χ0n) is 15.2. The molecular weight excluding hydrogens is 328 g/mol. The second kappa shape index (κ2) is 8.01. The van der Waals surface area contributed by atoms with E-state index in [1.54, 1.807) is 0 Å². The number of likely N-dealkylation sites (tertiary alicyclic amines) is 1. The van der Waals surface area contributed by atoms with E-state index in [0.29, 0.717) is 12.1 Å². The van der Waals surface area contributed by atoms with Crippen LogP contribution in [0, 0.1) is 6.92 Å². The van der Waals surface area contributed by atoms with Gasteiger partial charge in [-0.25, -0.2) is 9.97 Å². The lowest BCUT2D eigenvalue weighted by molar-refractivity contribution is 0.0144. The normalized spacial score (nSPS) is 20.7. The maximum absolute atomic E-state index is 6.00. The predicted molar refractivity (Wildman–Crippen MR) is 100 cm³/mol. The van der Waals surface area contributed by atoms with E-state index < -0.39 is 0 Å². The number of hydrogen-bond acceptors (Lipinski definition) is 6. The highest BCUT2D eigenvalue weighted by Crippen LogP contribution is 2.20. The SMILES string of the molecule is Cc1cccc(OC2CN(Cc3cnc(NC[C@H]4CCCO4)nc3)C2)c1. The lowest BCUT2D eigenvalue weighted by Crippen LogP contribution is -2.53. The molecule has 2 fully saturated rings. The zero-order chi connectivity index (χ0) is 17.8. The third-order valence-electron chi connectivity index (χ3n) is 4.84. The van der Waals surface area contributed by atoms with Crippen molar-refractivity contribution in [2.24, 2.45) is 0 Å². The summed E-state index contributed by atoms with van der Waals surface area (Å²) in [6.07, 6.45) is 6.64. The van der Waals surface area contributed by atoms with Crippen LogP contribution in [0.1, 0.15) is 24.0 Å². The van der Waals surface area contributed by atoms with Crippen molar-refractivity contribution in [3.8, 4) is 5.75 Å². The smallest absolute Gasteiger partial charge is 0.222 e. The number of nitrogens with one attached hydrogen (secondary N) is 1. The average Bonchev–Trinajstić information content (AvgIpc) is 3.13. The Morgan fingerprint density at radius 2 is 2.12 bits per heavy atom. The summed E-state index contributed by atoms with van der Waals surface area (Å²) in [5, 5.41) is 3.25. The fourth-order valence-electron chi connectivity index (χ4n) is 3.40. The second-order valence-corrected chi connectivity index (χ2v) is 7.18. The van der Waals surface area contributed by atoms with Crippen LogP contribution in [0.15, 0.2) is 36.7 Å². The Bertz CT molecular complexity index is 710. The van der Waals surface area contributed by atoms with E-state index in [0.717, 1.165) is 56.9 Å². The standard InChI is InChI=1S/C20H26N4O2/c1-15-4-2-5-17(8-15)26-19-13-24(14-19)12-16-9-21-20(22-10-16)23-11-18-6-3-7-25-18/h2,4-5,8-10,18-19H,3,6-7,11-14H2,1H3,(H,21,22,23)/t18-/m1/s1. The van der Waals surface area contributed by atoms with Gasteiger partial charge in [0, 0.05) is 50.7 Å². The third-order valence-corrected chi connectivity index (χ3v) is 4.84. The van der Waals surface area contributed by atoms with Gasteiger partial charge in [-0.2, -0.15) is 0 Å². The van der Waals surface area contributed by atoms with Crippen molar-refractivity contribution in [2.45, 2.75) is 38.5 Å². The Morgan fingerprint density at radius 3 is 2.85 bits per heavy atom. The van der Waals surface area contributed by atoms with E-state index in [1.165, 1.54) is 5.56 Å². The number of aryl methyl sites for hydroxylation is 1. The summed E-state index contributed by atoms with van der Waals surface area (Å²) in [6.45, 7) is 6.47. The van der Waals surface area contributed by atoms with Crippen LogP contribution in [0.3, 0.4) is 0 Å². The second-order valence-electron chi connectivity index (χ2n) is 7.18. The van der Waals surface area contributed by atoms with Crippen LogP contribution in [0.25, 0.3) is 0 Å². The van der Waals surface area contributed by atoms with Crippen molar-refractivity contribution < 1.29 is 9.47 Å². The Labute approximate surface area is 154 Å². The number of ether oxygens (including phenoxy) is 2. The largest absolute Gasteiger partial charge is 0.488 e. The van der Waals surface area contributed by atoms with Gasteiger partial charge >= 0.3 is 0 Å². The summed E-state index contributed by atoms with van der Waals surface area (Å²) < 4.78 is 11.6. The first-order valence-electron chi connectivity index (χ1n) is 9.37. The number of nitrogens with zero attached hydrogens (tertiary/aromatic N) is 3. The van der Waals surface area contributed by atoms with Gasteiger partial charge in [-0.15, -0.1) is 0 Å². The van der Waals surface area contributed by atoms with Crippen molar-refractivity contribution in [1.82, 2.24) is 14.9 Å². The Kier molecular flexibility index (Phi) is 5.32. The summed E-state index contributed by atoms with van der Waals surface area (Å²) in [5.74, 6) is 1.63. The van der Waals surface area contributed by atoms with Gasteiger partial charge in [0.2, 0.25) is 5.95 Å². The van der Waals surface area contributed by atoms with Crippen LogP contribution in [0.2, 0.25) is 0 Å². The molecule has 3 heterocycles. The minimum Gasteiger partial charge on any atom is -0.488 e. The van der Waals surface area contributed by atoms with Crippen molar-refractivity contribution >= 4 is 5.95 Å². The first-order valence-corrected chi connectivity index (χ1v) is 9.37. The molecule has 138 valence electrons. The van der Waals surface area contributed by atoms with E-state index in [1.807, 2.05) is 24.5 Å². The minimum absolute atomic E-state index is 0.269. The summed E-state index contributed by atoms with van der Waals surface area (Å²) in [5.41, 5.74) is 2.35. The molecule has 0 radical (unpaired) electrons. The quantitative estimate of drug-likeness (QED) is 0.825. The van der Waals surface area contributed by atoms with Gasteiger partial charge < -0.3 is 14.8 Å². The lowest BCUT2D eigenvalue weighted by atomic mass is 10.1. The number of benzene rings is 1. The van der Waals surface area contributed by atoms with Gasteiger partial charge in [-0.3, -0.25) is 4.90 Å². The fourth-order valence-corrected chi connectivity index (χ4v) is 3.40. The topological polar surface area (TPSA) is 59.5 Å². The van der Waals surface area contributed by atoms with E-state index in [9.17, 15) is 0 Å². The summed E-state index contributed by atoms with van der Waals surface area (Å²) >= 11 is 0. The zero-order valence-corrected chi connectivity index (χ0v) is 15.2. The summed E-state index contributed by atoms with van der Waals surface area (Å²) in [6, 6.07) is 8.22. The van der Waals surface area contributed by atoms with Crippen molar-refractivity contribution in [2.75, 3.05) is 31.6 Å². The molecular formula is C20H26N4O2. The molecule has 4 rings (SSSR count). The van der Waals surface area contributed by atoms with Crippen molar-refractivity contribution in [3.63, 3.8) is 0 Å². The molecule has 1 atom stereocenters. The highest BCUT2D eigenvalue weighted by atomic mass is 16.5. The van der Waals surface area contributed by atoms with E-state index in [4.69, 9.17) is 9.47 Å². The molecule has 0 spiro atoms. The fraction of sp³-hybridized carbons (Fsp3) is 0.500. The van der Waals surface area contributed by atoms with Crippen molar-refractivity contribution in [1.29, 1.82) is 0 Å². The van der Waals surface area contributed by atoms with Crippen molar-refractivity contribution in [3.05, 3.63) is 47.8 Å². The molecule has 6 nitrogen and oxygen atoms in total. The lowest BCUT2D eigenvalue weighted by Gasteiger charge is -2.38. The number of anilines is 1. The predicted octanol–water partition coefficient (Wildman–Crippen LogP) is 2.64. The molecule has 0 bridgehead atoms. The van der Waals surface area contributed by atoms with Gasteiger partial charge in [0.15, 0.2) is 0 Å². The van der Waals surface area contributed by atoms with Crippen LogP contribution >= 0.6 is 0 Å². The van der Waals surface area contributed by atoms with Crippen LogP contribution in [-0.2, 0) is 11.3 Å². The number of hydrogen-bond donors (Lipinski definition) is 1. The highest BCUT2D eigenvalue weighted by molar-refractivity contribution is 5.28. The summed E-state index contributed by atoms with van der Waals surface area (Å²) in [7, 11) is 0. The maximum Gasteiger partial charge on any atom is 0.222 e. The average molecular weight is 354 g/mol. The van der Waals surface area contributed by atoms with Crippen LogP contribution in [-0.4, -0.2) is 53.3 Å². The molecule has 1 aromatic carbocycles. The molecule has 0 unspecified atom stereocenters. The molecule has 1 N–H and O–H groups in total. The van der Waals surface area contributed by atoms with E-state index in [-0.39, 0.29) is 6.10 Å². The molecule has 0 aliphatic carbocycles. The molecule has 26 heavy (non-hydrogen) atoms. The Hall–Kier alpha value is -2.18. The molecule has 2 aromatic rings. The molecule has 2 saturated heterocycles. The van der Waals surface area contributed by atoms with Gasteiger partial charge in [0.05, 0.1) is 6.10 Å². The van der Waals surface area contributed by atoms with Gasteiger partial charge in [-0.05, 0) is 37.5 Å². The first-order chi connectivity index (χ1) is 12.7. The molecule has 0 saturated carbocycles. The third kappa shape index (κ3) is 4.51. The van der Waals surface area contributed by atoms with E-state index >= 15 is 0 Å². The maximum atomic E-state index is 6.00. The molecule has 1 aromatic heterocycles. The Morgan fingerprint density at radius 1 is 1.27 bits per heavy atom. The minimum atomic E-state index is 0.269. The monoisotopic (exact) mass is 354 g/mol. The molecule has 2 aliphatic heterocycles. The highest BCUT2D eigenvalue weighted by Gasteiger charge is 2.28. The molecule has 6 heteroatoms. The van der Waals surface area contributed by atoms with Crippen LogP contribution < -0.4 is 10.1 Å². The first kappa shape index (κ1) is 17.2. The number of rotatable bonds is 7.